The molecule has 10 aromatic rings. The molecule has 0 nitrogen and oxygen atoms in total. The summed E-state index contributed by atoms with van der Waals surface area (Å²) in [5.41, 5.74) is 19.8. The molecular weight excluding hydrogens is 709 g/mol. The van der Waals surface area contributed by atoms with Crippen molar-refractivity contribution >= 4 is 32.3 Å². The third-order valence-corrected chi connectivity index (χ3v) is 14.4. The molecule has 0 aromatic heterocycles. The van der Waals surface area contributed by atoms with E-state index in [2.05, 4.69) is 214 Å². The number of fused-ring (bicyclic) bond motifs is 18. The highest BCUT2D eigenvalue weighted by molar-refractivity contribution is 6.09. The van der Waals surface area contributed by atoms with Gasteiger partial charge in [-0.2, -0.15) is 0 Å². The van der Waals surface area contributed by atoms with E-state index in [1.54, 1.807) is 0 Å². The van der Waals surface area contributed by atoms with Gasteiger partial charge in [-0.15, -0.1) is 0 Å². The molecule has 0 N–H and O–H groups in total. The molecule has 10 aromatic carbocycles. The molecular formula is C59H40. The predicted octanol–water partition coefficient (Wildman–Crippen LogP) is 15.0. The molecule has 0 heterocycles. The van der Waals surface area contributed by atoms with Crippen LogP contribution in [0.4, 0.5) is 0 Å². The lowest BCUT2D eigenvalue weighted by molar-refractivity contribution is 0.659. The van der Waals surface area contributed by atoms with Crippen molar-refractivity contribution in [2.45, 2.75) is 30.6 Å². The van der Waals surface area contributed by atoms with Crippen molar-refractivity contribution in [2.24, 2.45) is 0 Å². The van der Waals surface area contributed by atoms with Crippen LogP contribution in [-0.2, 0) is 10.8 Å². The first-order valence-corrected chi connectivity index (χ1v) is 21.0. The Hall–Kier alpha value is -7.02. The monoisotopic (exact) mass is 748 g/mol. The first-order chi connectivity index (χ1) is 29.0. The quantitative estimate of drug-likeness (QED) is 0.158. The summed E-state index contributed by atoms with van der Waals surface area (Å²) in [7, 11) is 0. The van der Waals surface area contributed by atoms with Crippen LogP contribution in [0.2, 0.25) is 0 Å². The molecule has 2 unspecified atom stereocenters. The second-order valence-corrected chi connectivity index (χ2v) is 17.5. The summed E-state index contributed by atoms with van der Waals surface area (Å²) >= 11 is 0. The van der Waals surface area contributed by atoms with Crippen molar-refractivity contribution in [3.05, 3.63) is 250 Å². The Balaban J connectivity index is 1.13. The third kappa shape index (κ3) is 4.28. The highest BCUT2D eigenvalue weighted by Gasteiger charge is 2.53. The minimum atomic E-state index is -0.493. The summed E-state index contributed by atoms with van der Waals surface area (Å²) in [5, 5.41) is 7.73. The van der Waals surface area contributed by atoms with Crippen molar-refractivity contribution < 1.29 is 0 Å². The molecule has 2 atom stereocenters. The highest BCUT2D eigenvalue weighted by atomic mass is 14.5. The van der Waals surface area contributed by atoms with Crippen LogP contribution < -0.4 is 0 Å². The molecule has 13 rings (SSSR count). The Bertz CT molecular complexity index is 3430. The van der Waals surface area contributed by atoms with Gasteiger partial charge in [-0.25, -0.2) is 0 Å². The molecule has 0 fully saturated rings. The van der Waals surface area contributed by atoms with Crippen molar-refractivity contribution in [1.82, 2.24) is 0 Å². The second-order valence-electron chi connectivity index (χ2n) is 17.5. The average molecular weight is 749 g/mol. The van der Waals surface area contributed by atoms with E-state index in [9.17, 15) is 0 Å². The largest absolute Gasteiger partial charge is 0.0731 e. The molecule has 0 saturated carbocycles. The summed E-state index contributed by atoms with van der Waals surface area (Å²) < 4.78 is 0. The van der Waals surface area contributed by atoms with Gasteiger partial charge in [0.1, 0.15) is 0 Å². The van der Waals surface area contributed by atoms with E-state index in [0.717, 1.165) is 0 Å². The fourth-order valence-electron chi connectivity index (χ4n) is 11.8. The minimum Gasteiger partial charge on any atom is -0.0619 e. The van der Waals surface area contributed by atoms with Gasteiger partial charge in [0.2, 0.25) is 0 Å². The van der Waals surface area contributed by atoms with Gasteiger partial charge in [-0.3, -0.25) is 0 Å². The van der Waals surface area contributed by atoms with Gasteiger partial charge in [0.25, 0.3) is 0 Å². The number of hydrogen-bond donors (Lipinski definition) is 0. The maximum absolute atomic E-state index is 2.62. The average Bonchev–Trinajstić information content (AvgIpc) is 3.85. The van der Waals surface area contributed by atoms with E-state index in [-0.39, 0.29) is 11.3 Å². The normalized spacial score (nSPS) is 16.8. The van der Waals surface area contributed by atoms with Crippen LogP contribution in [0.1, 0.15) is 69.8 Å². The van der Waals surface area contributed by atoms with E-state index in [1.807, 2.05) is 0 Å². The fraction of sp³-hybridized carbons (Fsp3) is 0.0847. The molecule has 0 heteroatoms. The Labute approximate surface area is 345 Å². The lowest BCUT2D eigenvalue weighted by Crippen LogP contribution is -2.26. The fourth-order valence-corrected chi connectivity index (χ4v) is 11.8. The first-order valence-electron chi connectivity index (χ1n) is 21.0. The zero-order chi connectivity index (χ0) is 39.0. The number of hydrogen-bond acceptors (Lipinski definition) is 0. The van der Waals surface area contributed by atoms with Gasteiger partial charge in [0.05, 0.1) is 5.41 Å². The van der Waals surface area contributed by atoms with Crippen LogP contribution in [-0.4, -0.2) is 0 Å². The van der Waals surface area contributed by atoms with Crippen LogP contribution in [0.5, 0.6) is 0 Å². The van der Waals surface area contributed by atoms with Gasteiger partial charge in [-0.1, -0.05) is 214 Å². The molecule has 0 amide bonds. The molecule has 3 aliphatic rings. The van der Waals surface area contributed by atoms with Crippen LogP contribution in [0.3, 0.4) is 0 Å². The lowest BCUT2D eigenvalue weighted by atomic mass is 9.68. The van der Waals surface area contributed by atoms with Crippen LogP contribution in [0.15, 0.2) is 200 Å². The van der Waals surface area contributed by atoms with Crippen molar-refractivity contribution in [2.75, 3.05) is 0 Å². The van der Waals surface area contributed by atoms with Gasteiger partial charge in [0, 0.05) is 11.3 Å². The number of rotatable bonds is 3. The summed E-state index contributed by atoms with van der Waals surface area (Å²) in [6, 6.07) is 76.5. The van der Waals surface area contributed by atoms with Crippen molar-refractivity contribution in [3.63, 3.8) is 0 Å². The summed E-state index contributed by atoms with van der Waals surface area (Å²) in [6.07, 6.45) is 0. The zero-order valence-corrected chi connectivity index (χ0v) is 33.1. The zero-order valence-electron chi connectivity index (χ0n) is 33.1. The van der Waals surface area contributed by atoms with Crippen LogP contribution >= 0.6 is 0 Å². The van der Waals surface area contributed by atoms with Crippen molar-refractivity contribution in [3.8, 4) is 33.4 Å². The van der Waals surface area contributed by atoms with E-state index in [1.165, 1.54) is 116 Å². The van der Waals surface area contributed by atoms with Crippen LogP contribution in [0.25, 0.3) is 65.7 Å². The highest BCUT2D eigenvalue weighted by Crippen LogP contribution is 2.65. The van der Waals surface area contributed by atoms with Crippen molar-refractivity contribution in [1.29, 1.82) is 0 Å². The summed E-state index contributed by atoms with van der Waals surface area (Å²) in [4.78, 5) is 0. The Morgan fingerprint density at radius 2 is 0.831 bits per heavy atom. The summed E-state index contributed by atoms with van der Waals surface area (Å²) in [6.45, 7) is 4.79. The minimum absolute atomic E-state index is 0.0101. The Morgan fingerprint density at radius 3 is 1.63 bits per heavy atom. The maximum atomic E-state index is 2.62. The Morgan fingerprint density at radius 1 is 0.322 bits per heavy atom. The standard InChI is InChI=1S/C59H40/c1-58(2)50-21-11-9-19-45(50)47-29-26-41(34-53(47)58)55(40-24-23-36-13-3-4-16-39(36)33-40)42-27-31-49-54(35-42)59(52-32-28-37-14-5-7-17-43(37)56(49)52)51-22-12-10-20-46(51)48-30-25-38-15-6-8-18-44(38)57(48)59/h3-35,55H,1-2H3. The smallest absolute Gasteiger partial charge is 0.0619 e. The van der Waals surface area contributed by atoms with Gasteiger partial charge in [-0.05, 0) is 116 Å². The number of benzene rings is 10. The topological polar surface area (TPSA) is 0 Å². The second kappa shape index (κ2) is 11.8. The molecule has 0 saturated heterocycles. The molecule has 59 heavy (non-hydrogen) atoms. The molecule has 0 radical (unpaired) electrons. The van der Waals surface area contributed by atoms with Gasteiger partial charge >= 0.3 is 0 Å². The third-order valence-electron chi connectivity index (χ3n) is 14.4. The molecule has 0 bridgehead atoms. The first kappa shape index (κ1) is 33.0. The predicted molar refractivity (Wildman–Crippen MR) is 247 cm³/mol. The SMILES string of the molecule is CC1(C)c2ccccc2-c2ccc(C(c3ccc4c(c3)C3(c5ccccc5-c5ccc6ccccc6c53)c3ccc5ccccc5c3-4)c3ccc4ccccc4c3)cc21. The van der Waals surface area contributed by atoms with E-state index >= 15 is 0 Å². The van der Waals surface area contributed by atoms with E-state index in [0.29, 0.717) is 0 Å². The van der Waals surface area contributed by atoms with Gasteiger partial charge in [0.15, 0.2) is 0 Å². The van der Waals surface area contributed by atoms with Gasteiger partial charge < -0.3 is 0 Å². The molecule has 276 valence electrons. The van der Waals surface area contributed by atoms with Crippen LogP contribution in [0, 0.1) is 0 Å². The molecule has 1 spiro atoms. The molecule has 0 aliphatic heterocycles. The lowest BCUT2D eigenvalue weighted by Gasteiger charge is -2.32. The maximum Gasteiger partial charge on any atom is 0.0731 e. The Kier molecular flexibility index (Phi) is 6.59. The molecule has 3 aliphatic carbocycles. The van der Waals surface area contributed by atoms with E-state index in [4.69, 9.17) is 0 Å². The summed E-state index contributed by atoms with van der Waals surface area (Å²) in [5.74, 6) is 0.0101. The van der Waals surface area contributed by atoms with E-state index < -0.39 is 5.41 Å².